The number of rotatable bonds is 8. The summed E-state index contributed by atoms with van der Waals surface area (Å²) in [7, 11) is -1.91. The van der Waals surface area contributed by atoms with E-state index in [1.807, 2.05) is 27.7 Å². The van der Waals surface area contributed by atoms with Crippen molar-refractivity contribution in [2.45, 2.75) is 71.2 Å². The second-order valence-electron chi connectivity index (χ2n) is 5.99. The predicted octanol–water partition coefficient (Wildman–Crippen LogP) is 3.87. The minimum atomic E-state index is -3.51. The van der Waals surface area contributed by atoms with Gasteiger partial charge in [-0.3, -0.25) is 0 Å². The second-order valence-corrected chi connectivity index (χ2v) is 7.64. The molecule has 1 rings (SSSR count). The van der Waals surface area contributed by atoms with Gasteiger partial charge in [0.2, 0.25) is 10.0 Å². The van der Waals surface area contributed by atoms with Gasteiger partial charge in [0, 0.05) is 6.04 Å². The van der Waals surface area contributed by atoms with E-state index in [0.717, 1.165) is 42.6 Å². The van der Waals surface area contributed by atoms with Gasteiger partial charge in [0.15, 0.2) is 0 Å². The van der Waals surface area contributed by atoms with Gasteiger partial charge in [0.1, 0.15) is 5.75 Å². The van der Waals surface area contributed by atoms with E-state index in [9.17, 15) is 8.42 Å². The van der Waals surface area contributed by atoms with Crippen LogP contribution in [0.5, 0.6) is 5.75 Å². The van der Waals surface area contributed by atoms with E-state index in [-0.39, 0.29) is 6.04 Å². The average molecular weight is 327 g/mol. The molecule has 0 aliphatic heterocycles. The van der Waals surface area contributed by atoms with Crippen LogP contribution in [-0.2, 0) is 10.0 Å². The van der Waals surface area contributed by atoms with Crippen molar-refractivity contribution in [2.24, 2.45) is 0 Å². The third kappa shape index (κ3) is 4.46. The number of hydrogen-bond acceptors (Lipinski definition) is 3. The van der Waals surface area contributed by atoms with Gasteiger partial charge >= 0.3 is 0 Å². The topological polar surface area (TPSA) is 55.4 Å². The van der Waals surface area contributed by atoms with E-state index in [2.05, 4.69) is 11.6 Å². The quantitative estimate of drug-likeness (QED) is 0.738. The van der Waals surface area contributed by atoms with Crippen molar-refractivity contribution in [1.29, 1.82) is 0 Å². The van der Waals surface area contributed by atoms with E-state index in [1.165, 1.54) is 0 Å². The van der Waals surface area contributed by atoms with Gasteiger partial charge in [0.25, 0.3) is 0 Å². The fourth-order valence-electron chi connectivity index (χ4n) is 2.73. The first-order chi connectivity index (χ1) is 10.2. The smallest absolute Gasteiger partial charge is 0.241 e. The highest BCUT2D eigenvalue weighted by molar-refractivity contribution is 7.89. The van der Waals surface area contributed by atoms with E-state index < -0.39 is 10.0 Å². The summed E-state index contributed by atoms with van der Waals surface area (Å²) in [4.78, 5) is 0.383. The Bertz CT molecular complexity index is 609. The molecule has 1 aromatic rings. The maximum atomic E-state index is 12.7. The summed E-state index contributed by atoms with van der Waals surface area (Å²) in [6.45, 7) is 9.60. The summed E-state index contributed by atoms with van der Waals surface area (Å²) >= 11 is 0. The lowest BCUT2D eigenvalue weighted by atomic mass is 10.1. The number of methoxy groups -OCH3 is 1. The highest BCUT2D eigenvalue weighted by Gasteiger charge is 2.24. The number of hydrogen-bond donors (Lipinski definition) is 1. The Labute approximate surface area is 135 Å². The Kier molecular flexibility index (Phi) is 6.88. The maximum absolute atomic E-state index is 12.7. The Morgan fingerprint density at radius 1 is 1.18 bits per heavy atom. The van der Waals surface area contributed by atoms with Crippen molar-refractivity contribution < 1.29 is 13.2 Å². The molecule has 5 heteroatoms. The fraction of sp³-hybridized carbons (Fsp3) is 0.647. The van der Waals surface area contributed by atoms with Crippen molar-refractivity contribution in [1.82, 2.24) is 4.72 Å². The zero-order valence-electron chi connectivity index (χ0n) is 14.6. The van der Waals surface area contributed by atoms with E-state index >= 15 is 0 Å². The molecule has 0 amide bonds. The molecule has 0 radical (unpaired) electrons. The summed E-state index contributed by atoms with van der Waals surface area (Å²) < 4.78 is 33.5. The Morgan fingerprint density at radius 3 is 2.36 bits per heavy atom. The average Bonchev–Trinajstić information content (AvgIpc) is 2.42. The lowest BCUT2D eigenvalue weighted by Gasteiger charge is -2.19. The largest absolute Gasteiger partial charge is 0.496 e. The Hall–Kier alpha value is -1.07. The number of benzene rings is 1. The number of unbranched alkanes of at least 4 members (excludes halogenated alkanes) is 2. The number of ether oxygens (including phenoxy) is 1. The number of aryl methyl sites for hydroxylation is 1. The van der Waals surface area contributed by atoms with Gasteiger partial charge < -0.3 is 4.74 Å². The van der Waals surface area contributed by atoms with Gasteiger partial charge in [-0.1, -0.05) is 26.2 Å². The Balaban J connectivity index is 3.06. The van der Waals surface area contributed by atoms with Crippen LogP contribution in [0.3, 0.4) is 0 Å². The lowest BCUT2D eigenvalue weighted by molar-refractivity contribution is 0.410. The van der Waals surface area contributed by atoms with E-state index in [4.69, 9.17) is 4.74 Å². The zero-order chi connectivity index (χ0) is 16.9. The van der Waals surface area contributed by atoms with Crippen molar-refractivity contribution in [3.63, 3.8) is 0 Å². The number of sulfonamides is 1. The van der Waals surface area contributed by atoms with Gasteiger partial charge in [-0.15, -0.1) is 0 Å². The molecule has 1 N–H and O–H groups in total. The minimum Gasteiger partial charge on any atom is -0.496 e. The highest BCUT2D eigenvalue weighted by Crippen LogP contribution is 2.30. The first-order valence-corrected chi connectivity index (χ1v) is 9.40. The SMILES string of the molecule is CCCCCC(C)NS(=O)(=O)c1c(C)cc(OC)c(C)c1C. The van der Waals surface area contributed by atoms with Crippen LogP contribution in [0.2, 0.25) is 0 Å². The highest BCUT2D eigenvalue weighted by atomic mass is 32.2. The van der Waals surface area contributed by atoms with Gasteiger partial charge in [-0.25, -0.2) is 13.1 Å². The summed E-state index contributed by atoms with van der Waals surface area (Å²) in [6, 6.07) is 1.73. The molecule has 0 aromatic heterocycles. The van der Waals surface area contributed by atoms with Gasteiger partial charge in [-0.2, -0.15) is 0 Å². The molecule has 0 spiro atoms. The molecule has 1 unspecified atom stereocenters. The second kappa shape index (κ2) is 7.97. The molecule has 126 valence electrons. The summed E-state index contributed by atoms with van der Waals surface area (Å²) in [6.07, 6.45) is 4.17. The molecule has 0 bridgehead atoms. The predicted molar refractivity (Wildman–Crippen MR) is 91.1 cm³/mol. The lowest BCUT2D eigenvalue weighted by Crippen LogP contribution is -2.33. The van der Waals surface area contributed by atoms with Crippen LogP contribution in [0.1, 0.15) is 56.2 Å². The third-order valence-corrected chi connectivity index (χ3v) is 5.94. The molecule has 1 aromatic carbocycles. The first kappa shape index (κ1) is 19.0. The normalized spacial score (nSPS) is 13.2. The van der Waals surface area contributed by atoms with Crippen molar-refractivity contribution in [3.05, 3.63) is 22.8 Å². The molecule has 0 saturated heterocycles. The van der Waals surface area contributed by atoms with Crippen LogP contribution in [0.25, 0.3) is 0 Å². The minimum absolute atomic E-state index is 0.0576. The summed E-state index contributed by atoms with van der Waals surface area (Å²) in [5.41, 5.74) is 2.34. The van der Waals surface area contributed by atoms with E-state index in [0.29, 0.717) is 10.5 Å². The molecular formula is C17H29NO3S. The standard InChI is InChI=1S/C17H29NO3S/c1-7-8-9-10-13(3)18-22(19,20)17-12(2)11-16(21-6)14(4)15(17)5/h11,13,18H,7-10H2,1-6H3. The Morgan fingerprint density at radius 2 is 1.82 bits per heavy atom. The van der Waals surface area contributed by atoms with Crippen molar-refractivity contribution in [2.75, 3.05) is 7.11 Å². The van der Waals surface area contributed by atoms with Crippen molar-refractivity contribution in [3.8, 4) is 5.75 Å². The molecular weight excluding hydrogens is 298 g/mol. The zero-order valence-corrected chi connectivity index (χ0v) is 15.4. The molecule has 0 fully saturated rings. The molecule has 22 heavy (non-hydrogen) atoms. The monoisotopic (exact) mass is 327 g/mol. The van der Waals surface area contributed by atoms with Crippen LogP contribution in [0, 0.1) is 20.8 Å². The molecule has 0 heterocycles. The van der Waals surface area contributed by atoms with Crippen LogP contribution in [0.4, 0.5) is 0 Å². The van der Waals surface area contributed by atoms with Gasteiger partial charge in [0.05, 0.1) is 12.0 Å². The molecule has 0 aliphatic rings. The third-order valence-electron chi connectivity index (χ3n) is 4.06. The molecule has 1 atom stereocenters. The molecule has 4 nitrogen and oxygen atoms in total. The van der Waals surface area contributed by atoms with Crippen molar-refractivity contribution >= 4 is 10.0 Å². The van der Waals surface area contributed by atoms with Crippen LogP contribution < -0.4 is 9.46 Å². The van der Waals surface area contributed by atoms with Gasteiger partial charge in [-0.05, 0) is 56.9 Å². The summed E-state index contributed by atoms with van der Waals surface area (Å²) in [5.74, 6) is 0.727. The van der Waals surface area contributed by atoms with Crippen LogP contribution >= 0.6 is 0 Å². The van der Waals surface area contributed by atoms with Crippen LogP contribution in [0.15, 0.2) is 11.0 Å². The summed E-state index contributed by atoms with van der Waals surface area (Å²) in [5, 5.41) is 0. The molecule has 0 saturated carbocycles. The number of nitrogens with one attached hydrogen (secondary N) is 1. The molecule has 0 aliphatic carbocycles. The van der Waals surface area contributed by atoms with Crippen LogP contribution in [-0.4, -0.2) is 21.6 Å². The first-order valence-electron chi connectivity index (χ1n) is 7.91. The maximum Gasteiger partial charge on any atom is 0.241 e. The van der Waals surface area contributed by atoms with E-state index in [1.54, 1.807) is 13.2 Å². The fourth-order valence-corrected chi connectivity index (χ4v) is 4.53.